The lowest BCUT2D eigenvalue weighted by Gasteiger charge is -2.12. The number of hydrogen-bond acceptors (Lipinski definition) is 3. The Hall–Kier alpha value is -4.57. The first-order chi connectivity index (χ1) is 16.4. The van der Waals surface area contributed by atoms with Gasteiger partial charge >= 0.3 is 5.97 Å². The van der Waals surface area contributed by atoms with Crippen LogP contribution in [0.3, 0.4) is 0 Å². The van der Waals surface area contributed by atoms with Crippen LogP contribution in [0.2, 0.25) is 0 Å². The number of aromatic amines is 1. The Labute approximate surface area is 197 Å². The molecule has 0 saturated carbocycles. The molecule has 2 aromatic heterocycles. The number of nitrogens with one attached hydrogen (secondary N) is 2. The third-order valence-corrected chi connectivity index (χ3v) is 5.87. The summed E-state index contributed by atoms with van der Waals surface area (Å²) in [7, 11) is 0. The Balaban J connectivity index is 1.53. The van der Waals surface area contributed by atoms with E-state index in [1.807, 2.05) is 61.0 Å². The van der Waals surface area contributed by atoms with Crippen LogP contribution >= 0.6 is 0 Å². The highest BCUT2D eigenvalue weighted by atomic mass is 16.4. The third kappa shape index (κ3) is 4.34. The first-order valence-electron chi connectivity index (χ1n) is 10.9. The standard InChI is InChI=1S/C27H24N4O3/c1-17-13-20(18(2)31(17)25-10-6-4-8-23(25)27(33)34)14-21(15-28)26(32)29-12-11-19-16-30-24-9-5-3-7-22(19)24/h3-10,13-14,16,30H,11-12H2,1-2H3,(H,29,32)(H,33,34). The van der Waals surface area contributed by atoms with E-state index < -0.39 is 11.9 Å². The number of amides is 1. The van der Waals surface area contributed by atoms with Crippen molar-refractivity contribution in [2.24, 2.45) is 0 Å². The topological polar surface area (TPSA) is 111 Å². The molecule has 3 N–H and O–H groups in total. The van der Waals surface area contributed by atoms with Gasteiger partial charge in [0.15, 0.2) is 0 Å². The summed E-state index contributed by atoms with van der Waals surface area (Å²) < 4.78 is 1.82. The summed E-state index contributed by atoms with van der Waals surface area (Å²) in [4.78, 5) is 27.6. The van der Waals surface area contributed by atoms with Crippen molar-refractivity contribution in [2.75, 3.05) is 6.54 Å². The third-order valence-electron chi connectivity index (χ3n) is 5.87. The molecule has 34 heavy (non-hydrogen) atoms. The number of carbonyl (C=O) groups is 2. The number of aromatic carboxylic acids is 1. The van der Waals surface area contributed by atoms with Gasteiger partial charge in [0.2, 0.25) is 0 Å². The Bertz CT molecular complexity index is 1470. The van der Waals surface area contributed by atoms with E-state index in [4.69, 9.17) is 0 Å². The zero-order chi connectivity index (χ0) is 24.2. The van der Waals surface area contributed by atoms with E-state index in [1.165, 1.54) is 0 Å². The minimum Gasteiger partial charge on any atom is -0.478 e. The number of para-hydroxylation sites is 2. The number of carboxylic acids is 1. The Morgan fingerprint density at radius 3 is 2.65 bits per heavy atom. The van der Waals surface area contributed by atoms with E-state index in [0.29, 0.717) is 24.2 Å². The van der Waals surface area contributed by atoms with E-state index in [0.717, 1.165) is 27.9 Å². The van der Waals surface area contributed by atoms with Gasteiger partial charge in [-0.3, -0.25) is 4.79 Å². The number of benzene rings is 2. The van der Waals surface area contributed by atoms with Crippen LogP contribution in [0.25, 0.3) is 22.7 Å². The second-order valence-corrected chi connectivity index (χ2v) is 8.02. The summed E-state index contributed by atoms with van der Waals surface area (Å²) in [6.07, 6.45) is 4.11. The van der Waals surface area contributed by atoms with Crippen molar-refractivity contribution in [1.82, 2.24) is 14.9 Å². The second kappa shape index (κ2) is 9.51. The van der Waals surface area contributed by atoms with Gasteiger partial charge in [0.1, 0.15) is 11.6 Å². The normalized spacial score (nSPS) is 11.4. The smallest absolute Gasteiger partial charge is 0.337 e. The minimum absolute atomic E-state index is 0.00861. The zero-order valence-corrected chi connectivity index (χ0v) is 18.9. The number of H-pyrrole nitrogens is 1. The molecule has 0 aliphatic rings. The van der Waals surface area contributed by atoms with E-state index >= 15 is 0 Å². The molecule has 4 aromatic rings. The monoisotopic (exact) mass is 452 g/mol. The summed E-state index contributed by atoms with van der Waals surface area (Å²) in [5.41, 5.74) is 5.06. The zero-order valence-electron chi connectivity index (χ0n) is 18.9. The molecular formula is C27H24N4O3. The molecule has 0 saturated heterocycles. The lowest BCUT2D eigenvalue weighted by atomic mass is 10.1. The molecule has 0 fully saturated rings. The van der Waals surface area contributed by atoms with E-state index in [-0.39, 0.29) is 11.1 Å². The van der Waals surface area contributed by atoms with Crippen molar-refractivity contribution < 1.29 is 14.7 Å². The van der Waals surface area contributed by atoms with Gasteiger partial charge in [-0.05, 0) is 61.7 Å². The van der Waals surface area contributed by atoms with Gasteiger partial charge in [-0.25, -0.2) is 4.79 Å². The van der Waals surface area contributed by atoms with Crippen molar-refractivity contribution in [3.05, 3.63) is 94.4 Å². The van der Waals surface area contributed by atoms with Crippen LogP contribution in [0.1, 0.15) is 32.9 Å². The molecule has 2 aromatic carbocycles. The van der Waals surface area contributed by atoms with Gasteiger partial charge in [0, 0.05) is 35.0 Å². The molecular weight excluding hydrogens is 428 g/mol. The number of carbonyl (C=O) groups excluding carboxylic acids is 1. The predicted octanol–water partition coefficient (Wildman–Crippen LogP) is 4.54. The van der Waals surface area contributed by atoms with Crippen LogP contribution in [-0.2, 0) is 11.2 Å². The SMILES string of the molecule is Cc1cc(C=C(C#N)C(=O)NCCc2c[nH]c3ccccc23)c(C)n1-c1ccccc1C(=O)O. The van der Waals surface area contributed by atoms with Gasteiger partial charge < -0.3 is 20.0 Å². The number of aromatic nitrogens is 2. The van der Waals surface area contributed by atoms with E-state index in [1.54, 1.807) is 30.3 Å². The molecule has 170 valence electrons. The van der Waals surface area contributed by atoms with Gasteiger partial charge in [-0.15, -0.1) is 0 Å². The number of hydrogen-bond donors (Lipinski definition) is 3. The maximum absolute atomic E-state index is 12.7. The van der Waals surface area contributed by atoms with Crippen LogP contribution in [0, 0.1) is 25.2 Å². The highest BCUT2D eigenvalue weighted by Gasteiger charge is 2.17. The van der Waals surface area contributed by atoms with Crippen molar-refractivity contribution in [3.8, 4) is 11.8 Å². The van der Waals surface area contributed by atoms with Crippen LogP contribution < -0.4 is 5.32 Å². The Morgan fingerprint density at radius 1 is 1.15 bits per heavy atom. The number of nitriles is 1. The van der Waals surface area contributed by atoms with Crippen LogP contribution in [0.5, 0.6) is 0 Å². The maximum Gasteiger partial charge on any atom is 0.337 e. The van der Waals surface area contributed by atoms with Gasteiger partial charge in [-0.1, -0.05) is 30.3 Å². The highest BCUT2D eigenvalue weighted by molar-refractivity contribution is 6.02. The fraction of sp³-hybridized carbons (Fsp3) is 0.148. The lowest BCUT2D eigenvalue weighted by Crippen LogP contribution is -2.26. The fourth-order valence-corrected chi connectivity index (χ4v) is 4.20. The second-order valence-electron chi connectivity index (χ2n) is 8.02. The first-order valence-corrected chi connectivity index (χ1v) is 10.9. The summed E-state index contributed by atoms with van der Waals surface area (Å²) in [5.74, 6) is -1.47. The molecule has 0 radical (unpaired) electrons. The minimum atomic E-state index is -1.02. The summed E-state index contributed by atoms with van der Waals surface area (Å²) >= 11 is 0. The molecule has 0 aliphatic carbocycles. The number of carboxylic acid groups (broad SMARTS) is 1. The van der Waals surface area contributed by atoms with Crippen LogP contribution in [0.4, 0.5) is 0 Å². The van der Waals surface area contributed by atoms with Crippen LogP contribution in [-0.4, -0.2) is 33.1 Å². The van der Waals surface area contributed by atoms with Crippen molar-refractivity contribution in [1.29, 1.82) is 5.26 Å². The maximum atomic E-state index is 12.7. The molecule has 0 spiro atoms. The fourth-order valence-electron chi connectivity index (χ4n) is 4.20. The molecule has 0 atom stereocenters. The molecule has 1 amide bonds. The Morgan fingerprint density at radius 2 is 1.88 bits per heavy atom. The number of aryl methyl sites for hydroxylation is 1. The molecule has 7 nitrogen and oxygen atoms in total. The van der Waals surface area contributed by atoms with E-state index in [2.05, 4.69) is 10.3 Å². The molecule has 0 unspecified atom stereocenters. The van der Waals surface area contributed by atoms with E-state index in [9.17, 15) is 20.0 Å². The summed E-state index contributed by atoms with van der Waals surface area (Å²) in [5, 5.41) is 23.1. The predicted molar refractivity (Wildman–Crippen MR) is 131 cm³/mol. The Kier molecular flexibility index (Phi) is 6.33. The first kappa shape index (κ1) is 22.6. The van der Waals surface area contributed by atoms with Crippen LogP contribution in [0.15, 0.2) is 66.4 Å². The van der Waals surface area contributed by atoms with Crippen molar-refractivity contribution >= 4 is 28.9 Å². The lowest BCUT2D eigenvalue weighted by molar-refractivity contribution is -0.117. The quantitative estimate of drug-likeness (QED) is 0.282. The average molecular weight is 453 g/mol. The number of rotatable bonds is 7. The van der Waals surface area contributed by atoms with Crippen molar-refractivity contribution in [3.63, 3.8) is 0 Å². The van der Waals surface area contributed by atoms with Crippen molar-refractivity contribution in [2.45, 2.75) is 20.3 Å². The van der Waals surface area contributed by atoms with Gasteiger partial charge in [0.05, 0.1) is 11.3 Å². The molecule has 2 heterocycles. The molecule has 4 rings (SSSR count). The highest BCUT2D eigenvalue weighted by Crippen LogP contribution is 2.25. The molecule has 0 aliphatic heterocycles. The number of nitrogens with zero attached hydrogens (tertiary/aromatic N) is 2. The average Bonchev–Trinajstić information content (AvgIpc) is 3.37. The van der Waals surface area contributed by atoms with Gasteiger partial charge in [-0.2, -0.15) is 5.26 Å². The summed E-state index contributed by atoms with van der Waals surface area (Å²) in [6, 6.07) is 18.5. The largest absolute Gasteiger partial charge is 0.478 e. The van der Waals surface area contributed by atoms with Gasteiger partial charge in [0.25, 0.3) is 5.91 Å². The summed E-state index contributed by atoms with van der Waals surface area (Å²) in [6.45, 7) is 4.09. The molecule has 0 bridgehead atoms. The molecule has 7 heteroatoms. The number of fused-ring (bicyclic) bond motifs is 1.